The fourth-order valence-electron chi connectivity index (χ4n) is 2.21. The van der Waals surface area contributed by atoms with Crippen LogP contribution < -0.4 is 5.32 Å². The number of amides is 1. The number of hydrogen-bond donors (Lipinski definition) is 1. The van der Waals surface area contributed by atoms with Gasteiger partial charge in [0.1, 0.15) is 5.15 Å². The lowest BCUT2D eigenvalue weighted by Gasteiger charge is -2.19. The van der Waals surface area contributed by atoms with E-state index in [4.69, 9.17) is 11.6 Å². The number of hydrogen-bond acceptors (Lipinski definition) is 3. The minimum Gasteiger partial charge on any atom is -0.337 e. The number of nitrogens with one attached hydrogen (secondary N) is 1. The van der Waals surface area contributed by atoms with Crippen LogP contribution in [0, 0.1) is 6.92 Å². The average molecular weight is 307 g/mol. The summed E-state index contributed by atoms with van der Waals surface area (Å²) in [5.74, 6) is 0.000833. The van der Waals surface area contributed by atoms with Crippen molar-refractivity contribution >= 4 is 29.9 Å². The summed E-state index contributed by atoms with van der Waals surface area (Å²) in [6.45, 7) is 7.78. The van der Waals surface area contributed by atoms with E-state index < -0.39 is 0 Å². The van der Waals surface area contributed by atoms with Crippen molar-refractivity contribution in [1.29, 1.82) is 0 Å². The van der Waals surface area contributed by atoms with Crippen LogP contribution >= 0.6 is 24.0 Å². The lowest BCUT2D eigenvalue weighted by molar-refractivity contribution is 0.0766. The third-order valence-corrected chi connectivity index (χ3v) is 3.59. The van der Waals surface area contributed by atoms with Gasteiger partial charge < -0.3 is 10.2 Å². The van der Waals surface area contributed by atoms with Crippen LogP contribution in [0.15, 0.2) is 0 Å². The fraction of sp³-hybridized carbons (Fsp3) is 0.667. The highest BCUT2D eigenvalue weighted by atomic mass is 35.5. The van der Waals surface area contributed by atoms with Gasteiger partial charge in [0.25, 0.3) is 5.91 Å². The molecule has 1 aliphatic rings. The molecule has 1 saturated heterocycles. The standard InChI is InChI=1S/C12H19ClN4O.ClH/c1-3-17-11(13)10(9(2)15-17)12(18)16-7-4-5-14-6-8-16;/h14H,3-8H2,1-2H3;1H. The molecule has 1 fully saturated rings. The maximum atomic E-state index is 12.5. The summed E-state index contributed by atoms with van der Waals surface area (Å²) in [4.78, 5) is 14.3. The molecular formula is C12H20Cl2N4O. The van der Waals surface area contributed by atoms with Gasteiger partial charge in [0.2, 0.25) is 0 Å². The molecule has 0 atom stereocenters. The number of carbonyl (C=O) groups is 1. The molecule has 0 radical (unpaired) electrons. The minimum absolute atomic E-state index is 0. The molecule has 0 aliphatic carbocycles. The van der Waals surface area contributed by atoms with E-state index in [1.807, 2.05) is 18.7 Å². The Morgan fingerprint density at radius 2 is 2.16 bits per heavy atom. The smallest absolute Gasteiger partial charge is 0.258 e. The van der Waals surface area contributed by atoms with Crippen LogP contribution in [0.2, 0.25) is 5.15 Å². The molecule has 19 heavy (non-hydrogen) atoms. The van der Waals surface area contributed by atoms with E-state index in [1.165, 1.54) is 0 Å². The predicted octanol–water partition coefficient (Wildman–Crippen LogP) is 1.72. The molecule has 108 valence electrons. The zero-order valence-electron chi connectivity index (χ0n) is 11.3. The van der Waals surface area contributed by atoms with Crippen molar-refractivity contribution in [3.63, 3.8) is 0 Å². The summed E-state index contributed by atoms with van der Waals surface area (Å²) in [5, 5.41) is 8.03. The summed E-state index contributed by atoms with van der Waals surface area (Å²) in [6, 6.07) is 0. The second kappa shape index (κ2) is 7.12. The zero-order chi connectivity index (χ0) is 13.1. The molecule has 1 aromatic rings. The van der Waals surface area contributed by atoms with Crippen LogP contribution in [0.5, 0.6) is 0 Å². The second-order valence-corrected chi connectivity index (χ2v) is 4.82. The van der Waals surface area contributed by atoms with E-state index in [0.29, 0.717) is 23.0 Å². The zero-order valence-corrected chi connectivity index (χ0v) is 12.9. The fourth-order valence-corrected chi connectivity index (χ4v) is 2.59. The van der Waals surface area contributed by atoms with Gasteiger partial charge in [-0.3, -0.25) is 9.48 Å². The normalized spacial score (nSPS) is 15.8. The van der Waals surface area contributed by atoms with E-state index in [2.05, 4.69) is 10.4 Å². The topological polar surface area (TPSA) is 50.2 Å². The van der Waals surface area contributed by atoms with Gasteiger partial charge in [0.15, 0.2) is 0 Å². The van der Waals surface area contributed by atoms with Gasteiger partial charge in [-0.1, -0.05) is 11.6 Å². The Hall–Kier alpha value is -0.780. The highest BCUT2D eigenvalue weighted by Gasteiger charge is 2.24. The van der Waals surface area contributed by atoms with Crippen LogP contribution in [0.25, 0.3) is 0 Å². The predicted molar refractivity (Wildman–Crippen MR) is 78.3 cm³/mol. The number of nitrogens with zero attached hydrogens (tertiary/aromatic N) is 3. The molecule has 5 nitrogen and oxygen atoms in total. The van der Waals surface area contributed by atoms with Gasteiger partial charge in [0, 0.05) is 26.2 Å². The molecule has 0 saturated carbocycles. The lowest BCUT2D eigenvalue weighted by atomic mass is 10.2. The molecule has 0 aromatic carbocycles. The van der Waals surface area contributed by atoms with Crippen LogP contribution in [-0.4, -0.2) is 46.8 Å². The number of carbonyl (C=O) groups excluding carboxylic acids is 1. The Bertz CT molecular complexity index is 439. The minimum atomic E-state index is 0. The highest BCUT2D eigenvalue weighted by molar-refractivity contribution is 6.33. The largest absolute Gasteiger partial charge is 0.337 e. The summed E-state index contributed by atoms with van der Waals surface area (Å²) in [5.41, 5.74) is 1.27. The van der Waals surface area contributed by atoms with E-state index in [-0.39, 0.29) is 18.3 Å². The third kappa shape index (κ3) is 3.41. The van der Waals surface area contributed by atoms with Crippen LogP contribution in [0.1, 0.15) is 29.4 Å². The molecule has 1 N–H and O–H groups in total. The quantitative estimate of drug-likeness (QED) is 0.905. The third-order valence-electron chi connectivity index (χ3n) is 3.21. The van der Waals surface area contributed by atoms with E-state index in [1.54, 1.807) is 4.68 Å². The summed E-state index contributed by atoms with van der Waals surface area (Å²) in [7, 11) is 0. The van der Waals surface area contributed by atoms with E-state index in [9.17, 15) is 4.79 Å². The molecule has 2 heterocycles. The maximum Gasteiger partial charge on any atom is 0.258 e. The van der Waals surface area contributed by atoms with Crippen molar-refractivity contribution in [3.8, 4) is 0 Å². The van der Waals surface area contributed by atoms with Crippen molar-refractivity contribution in [1.82, 2.24) is 20.0 Å². The maximum absolute atomic E-state index is 12.5. The average Bonchev–Trinajstić information content (AvgIpc) is 2.58. The van der Waals surface area contributed by atoms with Gasteiger partial charge in [-0.25, -0.2) is 0 Å². The van der Waals surface area contributed by atoms with Crippen molar-refractivity contribution in [2.45, 2.75) is 26.8 Å². The number of aromatic nitrogens is 2. The lowest BCUT2D eigenvalue weighted by Crippen LogP contribution is -2.34. The summed E-state index contributed by atoms with van der Waals surface area (Å²) >= 11 is 6.22. The number of halogens is 2. The molecule has 1 amide bonds. The Morgan fingerprint density at radius 3 is 2.79 bits per heavy atom. The van der Waals surface area contributed by atoms with Gasteiger partial charge in [-0.05, 0) is 26.8 Å². The first-order chi connectivity index (χ1) is 8.65. The second-order valence-electron chi connectivity index (χ2n) is 4.46. The summed E-state index contributed by atoms with van der Waals surface area (Å²) in [6.07, 6.45) is 0.977. The van der Waals surface area contributed by atoms with Gasteiger partial charge >= 0.3 is 0 Å². The van der Waals surface area contributed by atoms with Crippen LogP contribution in [-0.2, 0) is 6.54 Å². The first kappa shape index (κ1) is 16.3. The van der Waals surface area contributed by atoms with Gasteiger partial charge in [-0.15, -0.1) is 12.4 Å². The Labute approximate surface area is 124 Å². The Morgan fingerprint density at radius 1 is 1.42 bits per heavy atom. The molecule has 1 aliphatic heterocycles. The van der Waals surface area contributed by atoms with Gasteiger partial charge in [0.05, 0.1) is 11.3 Å². The van der Waals surface area contributed by atoms with Crippen molar-refractivity contribution < 1.29 is 4.79 Å². The van der Waals surface area contributed by atoms with Crippen molar-refractivity contribution in [3.05, 3.63) is 16.4 Å². The van der Waals surface area contributed by atoms with E-state index in [0.717, 1.165) is 32.6 Å². The summed E-state index contributed by atoms with van der Waals surface area (Å²) < 4.78 is 1.67. The Balaban J connectivity index is 0.00000180. The molecule has 1 aromatic heterocycles. The first-order valence-electron chi connectivity index (χ1n) is 6.38. The van der Waals surface area contributed by atoms with Crippen molar-refractivity contribution in [2.24, 2.45) is 0 Å². The van der Waals surface area contributed by atoms with Gasteiger partial charge in [-0.2, -0.15) is 5.10 Å². The molecular weight excluding hydrogens is 287 g/mol. The molecule has 2 rings (SSSR count). The molecule has 0 spiro atoms. The van der Waals surface area contributed by atoms with Crippen LogP contribution in [0.4, 0.5) is 0 Å². The molecule has 7 heteroatoms. The molecule has 0 bridgehead atoms. The van der Waals surface area contributed by atoms with Crippen molar-refractivity contribution in [2.75, 3.05) is 26.2 Å². The first-order valence-corrected chi connectivity index (χ1v) is 6.75. The number of aryl methyl sites for hydroxylation is 2. The Kier molecular flexibility index (Phi) is 6.10. The van der Waals surface area contributed by atoms with Crippen LogP contribution in [0.3, 0.4) is 0 Å². The highest BCUT2D eigenvalue weighted by Crippen LogP contribution is 2.21. The monoisotopic (exact) mass is 306 g/mol. The molecule has 0 unspecified atom stereocenters. The SMILES string of the molecule is CCn1nc(C)c(C(=O)N2CCCNCC2)c1Cl.Cl. The van der Waals surface area contributed by atoms with E-state index >= 15 is 0 Å². The number of rotatable bonds is 2.